The summed E-state index contributed by atoms with van der Waals surface area (Å²) < 4.78 is 37.7. The monoisotopic (exact) mass is 344 g/mol. The van der Waals surface area contributed by atoms with Crippen LogP contribution in [-0.4, -0.2) is 53.6 Å². The fourth-order valence-electron chi connectivity index (χ4n) is 2.92. The molecule has 0 radical (unpaired) electrons. The van der Waals surface area contributed by atoms with Crippen LogP contribution in [0.15, 0.2) is 24.3 Å². The number of carbonyl (C=O) groups is 1. The van der Waals surface area contributed by atoms with Crippen molar-refractivity contribution in [1.82, 2.24) is 9.80 Å². The average molecular weight is 344 g/mol. The Morgan fingerprint density at radius 1 is 1.04 bits per heavy atom. The third kappa shape index (κ3) is 6.13. The van der Waals surface area contributed by atoms with E-state index in [4.69, 9.17) is 5.11 Å². The van der Waals surface area contributed by atoms with Crippen molar-refractivity contribution < 1.29 is 23.1 Å². The third-order valence-electron chi connectivity index (χ3n) is 4.23. The van der Waals surface area contributed by atoms with Gasteiger partial charge in [-0.2, -0.15) is 13.2 Å². The molecule has 0 saturated carbocycles. The van der Waals surface area contributed by atoms with Gasteiger partial charge in [-0.3, -0.25) is 9.69 Å². The van der Waals surface area contributed by atoms with E-state index in [9.17, 15) is 18.0 Å². The van der Waals surface area contributed by atoms with Crippen LogP contribution in [0, 0.1) is 0 Å². The van der Waals surface area contributed by atoms with E-state index in [0.717, 1.165) is 56.8 Å². The van der Waals surface area contributed by atoms with Gasteiger partial charge in [0.25, 0.3) is 0 Å². The highest BCUT2D eigenvalue weighted by Gasteiger charge is 2.30. The first-order chi connectivity index (χ1) is 11.3. The second-order valence-electron chi connectivity index (χ2n) is 6.16. The van der Waals surface area contributed by atoms with E-state index < -0.39 is 17.7 Å². The molecule has 1 N–H and O–H groups in total. The molecule has 7 heteroatoms. The Balaban J connectivity index is 1.80. The summed E-state index contributed by atoms with van der Waals surface area (Å²) in [6.07, 6.45) is -2.48. The number of benzene rings is 1. The van der Waals surface area contributed by atoms with Gasteiger partial charge in [0.2, 0.25) is 0 Å². The summed E-state index contributed by atoms with van der Waals surface area (Å²) in [5.74, 6) is -0.770. The van der Waals surface area contributed by atoms with Crippen LogP contribution in [0.3, 0.4) is 0 Å². The number of hydrogen-bond donors (Lipinski definition) is 1. The Kier molecular flexibility index (Phi) is 6.62. The van der Waals surface area contributed by atoms with Crippen LogP contribution in [0.1, 0.15) is 30.4 Å². The smallest absolute Gasteiger partial charge is 0.416 e. The van der Waals surface area contributed by atoms with E-state index >= 15 is 0 Å². The fraction of sp³-hybridized carbons (Fsp3) is 0.588. The maximum atomic E-state index is 12.6. The van der Waals surface area contributed by atoms with Gasteiger partial charge in [0.1, 0.15) is 0 Å². The molecular formula is C17H23F3N2O2. The Morgan fingerprint density at radius 3 is 2.29 bits per heavy atom. The van der Waals surface area contributed by atoms with Crippen molar-refractivity contribution in [3.05, 3.63) is 35.4 Å². The predicted molar refractivity (Wildman–Crippen MR) is 84.6 cm³/mol. The number of halogens is 3. The lowest BCUT2D eigenvalue weighted by atomic mass is 10.1. The molecule has 134 valence electrons. The van der Waals surface area contributed by atoms with Gasteiger partial charge in [0.15, 0.2) is 0 Å². The summed E-state index contributed by atoms with van der Waals surface area (Å²) in [4.78, 5) is 15.0. The molecule has 24 heavy (non-hydrogen) atoms. The van der Waals surface area contributed by atoms with E-state index in [1.807, 2.05) is 0 Å². The van der Waals surface area contributed by atoms with Crippen molar-refractivity contribution in [3.63, 3.8) is 0 Å². The summed E-state index contributed by atoms with van der Waals surface area (Å²) in [5, 5.41) is 8.68. The van der Waals surface area contributed by atoms with Crippen LogP contribution in [-0.2, 0) is 17.5 Å². The molecule has 0 aromatic heterocycles. The lowest BCUT2D eigenvalue weighted by Crippen LogP contribution is -2.31. The zero-order chi connectivity index (χ0) is 17.6. The van der Waals surface area contributed by atoms with Crippen molar-refractivity contribution in [2.24, 2.45) is 0 Å². The predicted octanol–water partition coefficient (Wildman–Crippen LogP) is 3.08. The molecule has 1 heterocycles. The van der Waals surface area contributed by atoms with Crippen LogP contribution in [0.2, 0.25) is 0 Å². The zero-order valence-corrected chi connectivity index (χ0v) is 13.6. The molecule has 0 unspecified atom stereocenters. The van der Waals surface area contributed by atoms with E-state index in [2.05, 4.69) is 9.80 Å². The molecule has 1 fully saturated rings. The lowest BCUT2D eigenvalue weighted by Gasteiger charge is -2.21. The highest BCUT2D eigenvalue weighted by Crippen LogP contribution is 2.29. The molecule has 1 aromatic rings. The van der Waals surface area contributed by atoms with Gasteiger partial charge in [-0.05, 0) is 50.2 Å². The van der Waals surface area contributed by atoms with E-state index in [-0.39, 0.29) is 6.42 Å². The van der Waals surface area contributed by atoms with Crippen LogP contribution >= 0.6 is 0 Å². The number of rotatable bonds is 6. The van der Waals surface area contributed by atoms with Crippen molar-refractivity contribution in [2.75, 3.05) is 32.7 Å². The van der Waals surface area contributed by atoms with Gasteiger partial charge in [-0.15, -0.1) is 0 Å². The van der Waals surface area contributed by atoms with E-state index in [1.54, 1.807) is 12.1 Å². The van der Waals surface area contributed by atoms with Gasteiger partial charge >= 0.3 is 12.1 Å². The van der Waals surface area contributed by atoms with E-state index in [1.165, 1.54) is 0 Å². The number of hydrogen-bond acceptors (Lipinski definition) is 3. The topological polar surface area (TPSA) is 43.8 Å². The highest BCUT2D eigenvalue weighted by molar-refractivity contribution is 5.66. The summed E-state index contributed by atoms with van der Waals surface area (Å²) >= 11 is 0. The Bertz CT molecular complexity index is 532. The van der Waals surface area contributed by atoms with Gasteiger partial charge in [0.05, 0.1) is 5.56 Å². The number of nitrogens with zero attached hydrogens (tertiary/aromatic N) is 2. The first-order valence-electron chi connectivity index (χ1n) is 8.17. The van der Waals surface area contributed by atoms with Gasteiger partial charge in [-0.1, -0.05) is 12.1 Å². The van der Waals surface area contributed by atoms with Crippen LogP contribution in [0.5, 0.6) is 0 Å². The fourth-order valence-corrected chi connectivity index (χ4v) is 2.92. The molecule has 0 bridgehead atoms. The third-order valence-corrected chi connectivity index (χ3v) is 4.23. The number of carboxylic acids is 1. The zero-order valence-electron chi connectivity index (χ0n) is 13.6. The van der Waals surface area contributed by atoms with E-state index in [0.29, 0.717) is 13.0 Å². The minimum absolute atomic E-state index is 0.186. The highest BCUT2D eigenvalue weighted by atomic mass is 19.4. The second-order valence-corrected chi connectivity index (χ2v) is 6.16. The maximum Gasteiger partial charge on any atom is 0.416 e. The molecule has 1 aliphatic rings. The molecule has 0 spiro atoms. The molecule has 1 aromatic carbocycles. The molecule has 0 atom stereocenters. The van der Waals surface area contributed by atoms with Gasteiger partial charge < -0.3 is 10.0 Å². The summed E-state index contributed by atoms with van der Waals surface area (Å²) in [7, 11) is 0. The Morgan fingerprint density at radius 2 is 1.67 bits per heavy atom. The van der Waals surface area contributed by atoms with Crippen molar-refractivity contribution >= 4 is 5.97 Å². The molecule has 2 rings (SSSR count). The number of carboxylic acid groups (broad SMARTS) is 1. The molecule has 1 saturated heterocycles. The molecule has 1 aliphatic heterocycles. The second kappa shape index (κ2) is 8.48. The first-order valence-corrected chi connectivity index (χ1v) is 8.17. The van der Waals surface area contributed by atoms with Gasteiger partial charge in [0, 0.05) is 26.1 Å². The van der Waals surface area contributed by atoms with Crippen molar-refractivity contribution in [2.45, 2.75) is 32.0 Å². The summed E-state index contributed by atoms with van der Waals surface area (Å²) in [6.45, 7) is 4.95. The Labute approximate surface area is 139 Å². The normalized spacial score (nSPS) is 17.6. The van der Waals surface area contributed by atoms with Crippen LogP contribution in [0.25, 0.3) is 0 Å². The van der Waals surface area contributed by atoms with Crippen LogP contribution < -0.4 is 0 Å². The van der Waals surface area contributed by atoms with Crippen LogP contribution in [0.4, 0.5) is 13.2 Å². The number of aliphatic carboxylic acids is 1. The average Bonchev–Trinajstić information content (AvgIpc) is 2.72. The molecule has 0 amide bonds. The number of alkyl halides is 3. The standard InChI is InChI=1S/C17H23F3N2O2/c18-17(19,20)15-6-4-14(5-7-15)13-22-10-2-9-21(11-12-22)8-1-3-16(23)24/h4-7H,1-3,8-13H2,(H,23,24). The minimum Gasteiger partial charge on any atom is -0.481 e. The van der Waals surface area contributed by atoms with Crippen molar-refractivity contribution in [1.29, 1.82) is 0 Å². The van der Waals surface area contributed by atoms with Gasteiger partial charge in [-0.25, -0.2) is 0 Å². The first kappa shape index (κ1) is 18.7. The molecule has 0 aliphatic carbocycles. The minimum atomic E-state index is -4.29. The largest absolute Gasteiger partial charge is 0.481 e. The summed E-state index contributed by atoms with van der Waals surface area (Å²) in [5.41, 5.74) is 0.258. The SMILES string of the molecule is O=C(O)CCCN1CCCN(Cc2ccc(C(F)(F)F)cc2)CC1. The summed E-state index contributed by atoms with van der Waals surface area (Å²) in [6, 6.07) is 5.34. The maximum absolute atomic E-state index is 12.6. The molecular weight excluding hydrogens is 321 g/mol. The quantitative estimate of drug-likeness (QED) is 0.861. The lowest BCUT2D eigenvalue weighted by molar-refractivity contribution is -0.138. The Hall–Kier alpha value is -1.60. The molecule has 4 nitrogen and oxygen atoms in total. The van der Waals surface area contributed by atoms with Crippen molar-refractivity contribution in [3.8, 4) is 0 Å².